The van der Waals surface area contributed by atoms with Crippen LogP contribution in [0.4, 0.5) is 8.78 Å². The second-order valence-electron chi connectivity index (χ2n) is 1.98. The molecule has 0 fully saturated rings. The maximum Gasteiger partial charge on any atom is 0.459 e. The Morgan fingerprint density at radius 1 is 1.33 bits per heavy atom. The van der Waals surface area contributed by atoms with E-state index in [0.29, 0.717) is 0 Å². The maximum atomic E-state index is 12.2. The molecule has 1 nitrogen and oxygen atoms in total. The van der Waals surface area contributed by atoms with E-state index in [1.165, 1.54) is 12.1 Å². The minimum atomic E-state index is -3.38. The summed E-state index contributed by atoms with van der Waals surface area (Å²) in [6.45, 7) is 0. The van der Waals surface area contributed by atoms with E-state index in [1.807, 2.05) is 15.9 Å². The van der Waals surface area contributed by atoms with Crippen molar-refractivity contribution in [3.63, 3.8) is 0 Å². The minimum Gasteiger partial charge on any atom is -0.422 e. The average Bonchev–Trinajstić information content (AvgIpc) is 1.91. The first-order valence-electron chi connectivity index (χ1n) is 2.99. The van der Waals surface area contributed by atoms with Crippen molar-refractivity contribution < 1.29 is 13.5 Å². The largest absolute Gasteiger partial charge is 0.459 e. The van der Waals surface area contributed by atoms with Crippen LogP contribution in [0.5, 0.6) is 5.75 Å². The Labute approximate surface area is 81.4 Å². The fourth-order valence-corrected chi connectivity index (χ4v) is 1.00. The van der Waals surface area contributed by atoms with Crippen LogP contribution in [-0.2, 0) is 0 Å². The van der Waals surface area contributed by atoms with Gasteiger partial charge in [-0.1, -0.05) is 23.7 Å². The molecule has 0 heterocycles. The highest BCUT2D eigenvalue weighted by atomic mass is 79.9. The lowest BCUT2D eigenvalue weighted by Gasteiger charge is -2.11. The van der Waals surface area contributed by atoms with Crippen LogP contribution in [0.15, 0.2) is 24.3 Å². The van der Waals surface area contributed by atoms with Crippen LogP contribution < -0.4 is 4.74 Å². The number of hydrogen-bond acceptors (Lipinski definition) is 1. The molecule has 66 valence electrons. The Balaban J connectivity index is 2.83. The molecule has 0 spiro atoms. The van der Waals surface area contributed by atoms with Gasteiger partial charge in [-0.25, -0.2) is 0 Å². The molecule has 0 N–H and O–H groups in total. The van der Waals surface area contributed by atoms with Crippen LogP contribution in [0.3, 0.4) is 0 Å². The van der Waals surface area contributed by atoms with Crippen molar-refractivity contribution in [3.05, 3.63) is 29.3 Å². The zero-order valence-electron chi connectivity index (χ0n) is 5.73. The highest BCUT2D eigenvalue weighted by molar-refractivity contribution is 9.09. The summed E-state index contributed by atoms with van der Waals surface area (Å²) < 4.78 is 28.6. The summed E-state index contributed by atoms with van der Waals surface area (Å²) in [5.41, 5.74) is 0. The third-order valence-corrected chi connectivity index (χ3v) is 1.54. The number of alkyl halides is 3. The molecule has 5 heteroatoms. The first-order chi connectivity index (χ1) is 5.49. The predicted octanol–water partition coefficient (Wildman–Crippen LogP) is 3.66. The van der Waals surface area contributed by atoms with E-state index in [4.69, 9.17) is 11.6 Å². The van der Waals surface area contributed by atoms with Gasteiger partial charge < -0.3 is 4.74 Å². The average molecular weight is 257 g/mol. The molecule has 12 heavy (non-hydrogen) atoms. The van der Waals surface area contributed by atoms with Crippen LogP contribution in [0.1, 0.15) is 0 Å². The molecule has 1 rings (SSSR count). The molecule has 1 aromatic rings. The molecule has 0 atom stereocenters. The van der Waals surface area contributed by atoms with E-state index in [1.54, 1.807) is 12.1 Å². The Kier molecular flexibility index (Phi) is 2.90. The zero-order chi connectivity index (χ0) is 9.19. The first kappa shape index (κ1) is 9.74. The van der Waals surface area contributed by atoms with Crippen LogP contribution >= 0.6 is 27.5 Å². The molecule has 0 radical (unpaired) electrons. The van der Waals surface area contributed by atoms with Gasteiger partial charge in [-0.3, -0.25) is 0 Å². The van der Waals surface area contributed by atoms with Crippen molar-refractivity contribution >= 4 is 27.5 Å². The van der Waals surface area contributed by atoms with Crippen molar-refractivity contribution in [2.24, 2.45) is 0 Å². The molecule has 0 amide bonds. The molecule has 0 aliphatic rings. The van der Waals surface area contributed by atoms with Crippen LogP contribution in [0.25, 0.3) is 0 Å². The number of ether oxygens (including phenoxy) is 1. The van der Waals surface area contributed by atoms with Gasteiger partial charge in [0.05, 0.1) is 5.02 Å². The molecule has 0 saturated heterocycles. The summed E-state index contributed by atoms with van der Waals surface area (Å²) in [7, 11) is 0. The van der Waals surface area contributed by atoms with Crippen molar-refractivity contribution in [3.8, 4) is 5.75 Å². The fraction of sp³-hybridized carbons (Fsp3) is 0.143. The Bertz CT molecular complexity index is 274. The summed E-state index contributed by atoms with van der Waals surface area (Å²) in [6.07, 6.45) is 0. The molecular formula is C7H4BrClF2O. The van der Waals surface area contributed by atoms with Crippen LogP contribution in [-0.4, -0.2) is 5.02 Å². The minimum absolute atomic E-state index is 0.0546. The van der Waals surface area contributed by atoms with Gasteiger partial charge in [0.2, 0.25) is 0 Å². The molecule has 0 aliphatic carbocycles. The van der Waals surface area contributed by atoms with Gasteiger partial charge in [0.1, 0.15) is 5.75 Å². The number of rotatable bonds is 2. The summed E-state index contributed by atoms with van der Waals surface area (Å²) in [4.78, 5) is 0. The number of para-hydroxylation sites is 1. The van der Waals surface area contributed by atoms with Crippen molar-refractivity contribution in [2.75, 3.05) is 0 Å². The zero-order valence-corrected chi connectivity index (χ0v) is 8.07. The normalized spacial score (nSPS) is 11.3. The van der Waals surface area contributed by atoms with E-state index in [9.17, 15) is 8.78 Å². The Hall–Kier alpha value is -0.350. The number of halogens is 4. The maximum absolute atomic E-state index is 12.2. The van der Waals surface area contributed by atoms with Crippen molar-refractivity contribution in [2.45, 2.75) is 5.02 Å². The Morgan fingerprint density at radius 3 is 2.42 bits per heavy atom. The molecular weight excluding hydrogens is 253 g/mol. The van der Waals surface area contributed by atoms with Gasteiger partial charge in [0, 0.05) is 15.9 Å². The third-order valence-electron chi connectivity index (χ3n) is 1.06. The summed E-state index contributed by atoms with van der Waals surface area (Å²) in [5, 5.41) is -3.23. The van der Waals surface area contributed by atoms with Gasteiger partial charge in [-0.2, -0.15) is 8.78 Å². The molecule has 0 aliphatic heterocycles. The summed E-state index contributed by atoms with van der Waals surface area (Å²) >= 11 is 7.59. The van der Waals surface area contributed by atoms with Gasteiger partial charge in [-0.15, -0.1) is 0 Å². The topological polar surface area (TPSA) is 9.23 Å². The lowest BCUT2D eigenvalue weighted by Crippen LogP contribution is -2.14. The predicted molar refractivity (Wildman–Crippen MR) is 46.0 cm³/mol. The molecule has 0 bridgehead atoms. The van der Waals surface area contributed by atoms with Gasteiger partial charge >= 0.3 is 5.02 Å². The van der Waals surface area contributed by atoms with Gasteiger partial charge in [0.15, 0.2) is 0 Å². The van der Waals surface area contributed by atoms with Crippen LogP contribution in [0, 0.1) is 0 Å². The molecule has 1 aromatic carbocycles. The van der Waals surface area contributed by atoms with E-state index in [-0.39, 0.29) is 10.8 Å². The fourth-order valence-electron chi connectivity index (χ4n) is 0.652. The molecule has 0 aromatic heterocycles. The smallest absolute Gasteiger partial charge is 0.422 e. The number of hydrogen-bond donors (Lipinski definition) is 0. The highest BCUT2D eigenvalue weighted by Gasteiger charge is 2.27. The second kappa shape index (κ2) is 3.58. The lowest BCUT2D eigenvalue weighted by molar-refractivity contribution is -0.0802. The number of benzene rings is 1. The second-order valence-corrected chi connectivity index (χ2v) is 3.31. The first-order valence-corrected chi connectivity index (χ1v) is 4.16. The van der Waals surface area contributed by atoms with E-state index in [2.05, 4.69) is 4.74 Å². The monoisotopic (exact) mass is 256 g/mol. The summed E-state index contributed by atoms with van der Waals surface area (Å²) in [5.74, 6) is -0.0546. The van der Waals surface area contributed by atoms with E-state index < -0.39 is 5.02 Å². The van der Waals surface area contributed by atoms with Crippen LogP contribution in [0.2, 0.25) is 5.02 Å². The van der Waals surface area contributed by atoms with E-state index in [0.717, 1.165) is 0 Å². The highest BCUT2D eigenvalue weighted by Crippen LogP contribution is 2.31. The van der Waals surface area contributed by atoms with E-state index >= 15 is 0 Å². The van der Waals surface area contributed by atoms with Gasteiger partial charge in [0.25, 0.3) is 0 Å². The lowest BCUT2D eigenvalue weighted by atomic mass is 10.3. The SMILES string of the molecule is FC(F)(Br)Oc1ccccc1Cl. The molecule has 0 unspecified atom stereocenters. The molecule has 0 saturated carbocycles. The van der Waals surface area contributed by atoms with Crippen molar-refractivity contribution in [1.82, 2.24) is 0 Å². The standard InChI is InChI=1S/C7H4BrClF2O/c8-7(10,11)12-6-4-2-1-3-5(6)9/h1-4H. The van der Waals surface area contributed by atoms with Gasteiger partial charge in [-0.05, 0) is 12.1 Å². The Morgan fingerprint density at radius 2 is 1.92 bits per heavy atom. The quantitative estimate of drug-likeness (QED) is 0.735. The summed E-state index contributed by atoms with van der Waals surface area (Å²) in [6, 6.07) is 6.01. The third kappa shape index (κ3) is 2.95. The van der Waals surface area contributed by atoms with Crippen molar-refractivity contribution in [1.29, 1.82) is 0 Å².